The molecule has 10 rings (SSSR count). The fourth-order valence-corrected chi connectivity index (χ4v) is 14.7. The number of carbonyl (C=O) groups excluding carboxylic acids is 8. The Bertz CT molecular complexity index is 3750. The lowest BCUT2D eigenvalue weighted by atomic mass is 9.72. The molecule has 578 valence electrons. The quantitative estimate of drug-likeness (QED) is 0.0311. The Hall–Kier alpha value is -9.80. The van der Waals surface area contributed by atoms with E-state index < -0.39 is 120 Å². The van der Waals surface area contributed by atoms with Crippen molar-refractivity contribution in [1.29, 1.82) is 0 Å². The van der Waals surface area contributed by atoms with Gasteiger partial charge in [0.1, 0.15) is 23.5 Å². The molecule has 2 aromatic heterocycles. The number of fused-ring (bicyclic) bond motifs is 4. The van der Waals surface area contributed by atoms with Gasteiger partial charge >= 0.3 is 11.9 Å². The maximum Gasteiger partial charge on any atom is 0.303 e. The van der Waals surface area contributed by atoms with Gasteiger partial charge in [-0.2, -0.15) is 0 Å². The van der Waals surface area contributed by atoms with E-state index in [9.17, 15) is 58.2 Å². The summed E-state index contributed by atoms with van der Waals surface area (Å²) in [4.78, 5) is 138. The van der Waals surface area contributed by atoms with Gasteiger partial charge in [-0.15, -0.1) is 0 Å². The number of nitrogens with zero attached hydrogens (tertiary/aromatic N) is 4. The molecule has 0 spiro atoms. The number of amides is 8. The van der Waals surface area contributed by atoms with E-state index in [1.807, 2.05) is 139 Å². The molecular weight excluding hydrogens is 1370 g/mol. The number of rotatable bonds is 27. The monoisotopic (exact) mass is 1480 g/mol. The van der Waals surface area contributed by atoms with Crippen molar-refractivity contribution in [2.45, 2.75) is 204 Å². The van der Waals surface area contributed by atoms with Crippen LogP contribution in [0.2, 0.25) is 0 Å². The number of nitrogens with two attached hydrogens (primary N) is 2. The van der Waals surface area contributed by atoms with Crippen molar-refractivity contribution in [3.8, 4) is 0 Å². The van der Waals surface area contributed by atoms with Crippen molar-refractivity contribution < 1.29 is 73.8 Å². The van der Waals surface area contributed by atoms with Gasteiger partial charge in [0.05, 0.1) is 73.1 Å². The van der Waals surface area contributed by atoms with E-state index in [2.05, 4.69) is 51.7 Å². The fraction of sp³-hybridized carbons (Fsp3) is 0.500. The summed E-state index contributed by atoms with van der Waals surface area (Å²) in [6.07, 6.45) is 7.47. The summed E-state index contributed by atoms with van der Waals surface area (Å²) in [5, 5.41) is 58.6. The second-order valence-electron chi connectivity index (χ2n) is 30.7. The largest absolute Gasteiger partial charge is 0.481 e. The smallest absolute Gasteiger partial charge is 0.303 e. The van der Waals surface area contributed by atoms with Gasteiger partial charge in [-0.05, 0) is 139 Å². The number of piperidine rings is 2. The number of primary amides is 2. The Morgan fingerprint density at radius 3 is 1.14 bits per heavy atom. The van der Waals surface area contributed by atoms with Crippen LogP contribution >= 0.6 is 0 Å². The van der Waals surface area contributed by atoms with Crippen LogP contribution in [0.1, 0.15) is 164 Å². The van der Waals surface area contributed by atoms with Crippen molar-refractivity contribution >= 4 is 81.0 Å². The van der Waals surface area contributed by atoms with E-state index in [-0.39, 0.29) is 67.5 Å². The molecule has 0 unspecified atom stereocenters. The van der Waals surface area contributed by atoms with Gasteiger partial charge in [-0.25, -0.2) is 9.97 Å². The summed E-state index contributed by atoms with van der Waals surface area (Å²) in [5.74, 6) is -4.54. The number of carbonyl (C=O) groups is 10. The number of aliphatic carboxylic acids is 2. The summed E-state index contributed by atoms with van der Waals surface area (Å²) >= 11 is 0. The number of carboxylic acids is 2. The van der Waals surface area contributed by atoms with Crippen molar-refractivity contribution in [1.82, 2.24) is 51.7 Å². The molecule has 16 N–H and O–H groups in total. The predicted octanol–water partition coefficient (Wildman–Crippen LogP) is 5.30. The van der Waals surface area contributed by atoms with Crippen molar-refractivity contribution in [3.05, 3.63) is 156 Å². The van der Waals surface area contributed by atoms with E-state index >= 15 is 0 Å². The zero-order valence-electron chi connectivity index (χ0n) is 62.1. The Kier molecular flexibility index (Phi) is 31.3. The Morgan fingerprint density at radius 2 is 0.804 bits per heavy atom. The van der Waals surface area contributed by atoms with Crippen LogP contribution in [0.15, 0.2) is 133 Å². The summed E-state index contributed by atoms with van der Waals surface area (Å²) in [6, 6.07) is 35.3. The molecule has 2 saturated heterocycles. The first-order valence-electron chi connectivity index (χ1n) is 36.9. The average Bonchev–Trinajstić information content (AvgIpc) is 0.795. The SMILES string of the molecule is CC(C)(C)NC(=O)[C@@H]1C[C@@H]2CCCC[C@@H]2CN1C[C@@H](O)[C@H](Cc1ccccc1)NC(=O)[C@H](CC(N)=O)NC(=O)c1ccc2ccccc2n1.CC(C)(C)NC(=O)[C@@H]1C[C@@H]2CCCC[C@@H]2CN1C[C@@H](O)[C@H](Cc1ccccc1)NC(=O)[C@H](CC(N)=O)NC(=O)c1ccc2ccccc2n1.O.O=C(O)CCC(=O)O. The van der Waals surface area contributed by atoms with Crippen LogP contribution in [0.25, 0.3) is 21.8 Å². The zero-order valence-corrected chi connectivity index (χ0v) is 62.1. The molecule has 4 heterocycles. The van der Waals surface area contributed by atoms with Gasteiger partial charge in [0, 0.05) is 48.0 Å². The van der Waals surface area contributed by atoms with Crippen LogP contribution in [-0.2, 0) is 51.2 Å². The molecule has 8 amide bonds. The predicted molar refractivity (Wildman–Crippen MR) is 405 cm³/mol. The van der Waals surface area contributed by atoms with Crippen LogP contribution in [0.4, 0.5) is 0 Å². The Labute approximate surface area is 624 Å². The highest BCUT2D eigenvalue weighted by Crippen LogP contribution is 2.41. The highest BCUT2D eigenvalue weighted by atomic mass is 16.4. The minimum absolute atomic E-state index is 0. The maximum atomic E-state index is 13.8. The maximum absolute atomic E-state index is 13.8. The number of carboxylic acid groups (broad SMARTS) is 2. The molecule has 107 heavy (non-hydrogen) atoms. The number of aliphatic hydroxyl groups is 2. The van der Waals surface area contributed by atoms with Crippen LogP contribution in [0, 0.1) is 23.7 Å². The van der Waals surface area contributed by atoms with Crippen LogP contribution < -0.4 is 43.4 Å². The molecule has 27 nitrogen and oxygen atoms in total. The molecular formula is C80H108N12O15. The number of β-amino-alcohol motifs (C(OH)–C–C–N with tert-alkyl or cyclic N) is 2. The van der Waals surface area contributed by atoms with Gasteiger partial charge in [-0.3, -0.25) is 57.7 Å². The van der Waals surface area contributed by atoms with Gasteiger partial charge in [0.15, 0.2) is 0 Å². The molecule has 4 aliphatic rings. The summed E-state index contributed by atoms with van der Waals surface area (Å²) < 4.78 is 0. The normalized spacial score (nSPS) is 20.3. The minimum Gasteiger partial charge on any atom is -0.481 e. The van der Waals surface area contributed by atoms with Crippen LogP contribution in [0.5, 0.6) is 0 Å². The Balaban J connectivity index is 0.000000268. The molecule has 27 heteroatoms. The third-order valence-corrected chi connectivity index (χ3v) is 19.9. The number of nitrogens with one attached hydrogen (secondary N) is 6. The zero-order chi connectivity index (χ0) is 76.8. The van der Waals surface area contributed by atoms with Crippen molar-refractivity contribution in [2.75, 3.05) is 26.2 Å². The third kappa shape index (κ3) is 26.6. The third-order valence-electron chi connectivity index (χ3n) is 19.9. The van der Waals surface area contributed by atoms with Crippen LogP contribution in [-0.4, -0.2) is 191 Å². The number of pyridine rings is 2. The molecule has 12 atom stereocenters. The number of hydrogen-bond donors (Lipinski definition) is 12. The van der Waals surface area contributed by atoms with Crippen molar-refractivity contribution in [3.63, 3.8) is 0 Å². The molecule has 2 saturated carbocycles. The van der Waals surface area contributed by atoms with E-state index in [0.29, 0.717) is 47.8 Å². The van der Waals surface area contributed by atoms with E-state index in [0.717, 1.165) is 73.3 Å². The average molecular weight is 1480 g/mol. The van der Waals surface area contributed by atoms with Gasteiger partial charge < -0.3 is 69.3 Å². The first-order valence-corrected chi connectivity index (χ1v) is 36.9. The number of hydrogen-bond acceptors (Lipinski definition) is 16. The van der Waals surface area contributed by atoms with E-state index in [4.69, 9.17) is 21.7 Å². The molecule has 0 radical (unpaired) electrons. The Morgan fingerprint density at radius 1 is 0.467 bits per heavy atom. The molecule has 2 aliphatic heterocycles. The standard InChI is InChI=1S/2C38H50N6O5.C4H6O4.H2O/c2*1-38(2,3)43-37(49)32-20-26-14-7-8-15-27(26)22-44(32)23-33(45)30(19-24-11-5-4-6-12-24)41-36(48)31(21-34(39)46)42-35(47)29-18-17-25-13-9-10-16-28(25)40-29;5-3(6)1-2-4(7)8;/h2*4-6,9-13,16-18,26-27,30-33,45H,7-8,14-15,19-23H2,1-3H3,(H2,39,46)(H,41,48)(H,42,47)(H,43,49);1-2H2,(H,5,6)(H,7,8);1H2/t2*26-,27+,30-,31-,32-,33+;;/m00../s1. The lowest BCUT2D eigenvalue weighted by molar-refractivity contribution is -0.143. The topological polar surface area (TPSA) is 440 Å². The van der Waals surface area contributed by atoms with Gasteiger partial charge in [0.2, 0.25) is 35.4 Å². The fourth-order valence-electron chi connectivity index (χ4n) is 14.7. The summed E-state index contributed by atoms with van der Waals surface area (Å²) in [5.41, 5.74) is 13.4. The molecule has 0 bridgehead atoms. The van der Waals surface area contributed by atoms with Crippen LogP contribution in [0.3, 0.4) is 0 Å². The van der Waals surface area contributed by atoms with E-state index in [1.165, 1.54) is 12.8 Å². The molecule has 2 aliphatic carbocycles. The van der Waals surface area contributed by atoms with Gasteiger partial charge in [-0.1, -0.05) is 148 Å². The minimum atomic E-state index is -1.30. The molecule has 6 aromatic rings. The first-order chi connectivity index (χ1) is 50.3. The number of likely N-dealkylation sites (tertiary alicyclic amines) is 2. The second kappa shape index (κ2) is 39.7. The number of para-hydroxylation sites is 2. The lowest BCUT2D eigenvalue weighted by Crippen LogP contribution is -2.61. The van der Waals surface area contributed by atoms with E-state index in [1.54, 1.807) is 36.4 Å². The molecule has 4 fully saturated rings. The highest BCUT2D eigenvalue weighted by molar-refractivity contribution is 6.00. The summed E-state index contributed by atoms with van der Waals surface area (Å²) in [7, 11) is 0. The first kappa shape index (κ1) is 84.5. The number of benzene rings is 4. The van der Waals surface area contributed by atoms with Gasteiger partial charge in [0.25, 0.3) is 11.8 Å². The molecule has 4 aromatic carbocycles. The summed E-state index contributed by atoms with van der Waals surface area (Å²) in [6.45, 7) is 13.5. The van der Waals surface area contributed by atoms with Crippen molar-refractivity contribution in [2.24, 2.45) is 35.1 Å². The lowest BCUT2D eigenvalue weighted by Gasteiger charge is -2.47. The highest BCUT2D eigenvalue weighted by Gasteiger charge is 2.44. The number of aromatic nitrogens is 2. The second-order valence-corrected chi connectivity index (χ2v) is 30.7. The number of aliphatic hydroxyl groups excluding tert-OH is 2.